The van der Waals surface area contributed by atoms with Crippen LogP contribution >= 0.6 is 0 Å². The quantitative estimate of drug-likeness (QED) is 0.418. The number of hydrogen-bond donors (Lipinski definition) is 1. The molecule has 0 saturated carbocycles. The number of nitrogens with zero attached hydrogens (tertiary/aromatic N) is 1. The van der Waals surface area contributed by atoms with Crippen LogP contribution in [0.1, 0.15) is 45.4 Å². The van der Waals surface area contributed by atoms with Gasteiger partial charge in [-0.25, -0.2) is 0 Å². The van der Waals surface area contributed by atoms with Crippen molar-refractivity contribution in [2.75, 3.05) is 5.32 Å². The standard InChI is InChI=1S/C26H30N2O6S/c1-19(29)27-21-9-13-24(14-10-21)35(31,32)34-22-11-7-20(8-12-22)17-28(18-23-6-5-15-33-23)25(30)16-26(2,3)4/h5-15H,16-18H2,1-4H3,(H,27,29). The van der Waals surface area contributed by atoms with Crippen molar-refractivity contribution in [1.82, 2.24) is 4.90 Å². The molecule has 0 aliphatic rings. The second-order valence-corrected chi connectivity index (χ2v) is 11.0. The zero-order chi connectivity index (χ0) is 25.6. The summed E-state index contributed by atoms with van der Waals surface area (Å²) in [6.45, 7) is 8.08. The maximum Gasteiger partial charge on any atom is 0.339 e. The number of benzene rings is 2. The molecule has 0 spiro atoms. The molecule has 0 bridgehead atoms. The number of rotatable bonds is 9. The minimum atomic E-state index is -4.05. The van der Waals surface area contributed by atoms with Crippen molar-refractivity contribution in [1.29, 1.82) is 0 Å². The normalized spacial score (nSPS) is 11.7. The Balaban J connectivity index is 1.70. The maximum atomic E-state index is 12.9. The minimum absolute atomic E-state index is 0.000450. The molecule has 0 aliphatic carbocycles. The Morgan fingerprint density at radius 2 is 1.63 bits per heavy atom. The summed E-state index contributed by atoms with van der Waals surface area (Å²) in [4.78, 5) is 25.7. The first-order valence-corrected chi connectivity index (χ1v) is 12.5. The summed E-state index contributed by atoms with van der Waals surface area (Å²) in [6, 6.07) is 15.9. The third-order valence-corrected chi connectivity index (χ3v) is 6.19. The molecule has 3 aromatic rings. The highest BCUT2D eigenvalue weighted by Gasteiger charge is 2.23. The fraction of sp³-hybridized carbons (Fsp3) is 0.308. The van der Waals surface area contributed by atoms with Crippen LogP contribution in [-0.4, -0.2) is 25.1 Å². The molecule has 1 N–H and O–H groups in total. The number of carbonyl (C=O) groups is 2. The van der Waals surface area contributed by atoms with E-state index in [0.717, 1.165) is 5.56 Å². The monoisotopic (exact) mass is 498 g/mol. The van der Waals surface area contributed by atoms with Crippen LogP contribution in [0.2, 0.25) is 0 Å². The van der Waals surface area contributed by atoms with Gasteiger partial charge in [0, 0.05) is 25.6 Å². The van der Waals surface area contributed by atoms with Gasteiger partial charge in [0.15, 0.2) is 0 Å². The van der Waals surface area contributed by atoms with Crippen LogP contribution in [0.4, 0.5) is 5.69 Å². The van der Waals surface area contributed by atoms with E-state index < -0.39 is 10.1 Å². The van der Waals surface area contributed by atoms with Gasteiger partial charge in [-0.3, -0.25) is 9.59 Å². The Bertz CT molecular complexity index is 1240. The van der Waals surface area contributed by atoms with Crippen LogP contribution in [0.25, 0.3) is 0 Å². The van der Waals surface area contributed by atoms with Gasteiger partial charge in [0.1, 0.15) is 16.4 Å². The van der Waals surface area contributed by atoms with E-state index in [1.54, 1.807) is 41.5 Å². The third-order valence-electron chi connectivity index (χ3n) is 4.93. The first-order chi connectivity index (χ1) is 16.4. The van der Waals surface area contributed by atoms with E-state index in [4.69, 9.17) is 8.60 Å². The van der Waals surface area contributed by atoms with Crippen molar-refractivity contribution in [2.45, 2.75) is 52.1 Å². The SMILES string of the molecule is CC(=O)Nc1ccc(S(=O)(=O)Oc2ccc(CN(Cc3ccco3)C(=O)CC(C)(C)C)cc2)cc1. The molecule has 0 unspecified atom stereocenters. The number of anilines is 1. The molecular formula is C26H30N2O6S. The molecule has 0 fully saturated rings. The number of hydrogen-bond acceptors (Lipinski definition) is 6. The zero-order valence-corrected chi connectivity index (χ0v) is 21.1. The van der Waals surface area contributed by atoms with Crippen molar-refractivity contribution in [3.05, 3.63) is 78.3 Å². The van der Waals surface area contributed by atoms with E-state index in [1.807, 2.05) is 26.8 Å². The molecule has 1 aromatic heterocycles. The van der Waals surface area contributed by atoms with Gasteiger partial charge in [-0.1, -0.05) is 32.9 Å². The summed E-state index contributed by atoms with van der Waals surface area (Å²) in [5.41, 5.74) is 1.15. The van der Waals surface area contributed by atoms with E-state index in [1.165, 1.54) is 31.2 Å². The molecule has 9 heteroatoms. The van der Waals surface area contributed by atoms with Gasteiger partial charge in [0.25, 0.3) is 0 Å². The number of carbonyl (C=O) groups excluding carboxylic acids is 2. The van der Waals surface area contributed by atoms with Crippen LogP contribution in [0.15, 0.2) is 76.2 Å². The molecule has 186 valence electrons. The molecule has 1 heterocycles. The topological polar surface area (TPSA) is 106 Å². The summed E-state index contributed by atoms with van der Waals surface area (Å²) < 4.78 is 35.9. The highest BCUT2D eigenvalue weighted by Crippen LogP contribution is 2.24. The largest absolute Gasteiger partial charge is 0.467 e. The highest BCUT2D eigenvalue weighted by molar-refractivity contribution is 7.87. The first-order valence-electron chi connectivity index (χ1n) is 11.1. The van der Waals surface area contributed by atoms with Gasteiger partial charge in [-0.05, 0) is 59.5 Å². The second kappa shape index (κ2) is 10.8. The lowest BCUT2D eigenvalue weighted by molar-refractivity contribution is -0.134. The first kappa shape index (κ1) is 26.0. The lowest BCUT2D eigenvalue weighted by Crippen LogP contribution is -2.32. The number of nitrogens with one attached hydrogen (secondary N) is 1. The van der Waals surface area contributed by atoms with Gasteiger partial charge >= 0.3 is 10.1 Å². The van der Waals surface area contributed by atoms with E-state index in [0.29, 0.717) is 31.0 Å². The van der Waals surface area contributed by atoms with Crippen molar-refractivity contribution in [3.63, 3.8) is 0 Å². The van der Waals surface area contributed by atoms with E-state index >= 15 is 0 Å². The molecule has 2 amide bonds. The Morgan fingerprint density at radius 1 is 0.971 bits per heavy atom. The summed E-state index contributed by atoms with van der Waals surface area (Å²) >= 11 is 0. The highest BCUT2D eigenvalue weighted by atomic mass is 32.2. The van der Waals surface area contributed by atoms with Crippen molar-refractivity contribution in [3.8, 4) is 5.75 Å². The van der Waals surface area contributed by atoms with E-state index in [-0.39, 0.29) is 27.9 Å². The molecule has 8 nitrogen and oxygen atoms in total. The molecule has 0 radical (unpaired) electrons. The lowest BCUT2D eigenvalue weighted by atomic mass is 9.91. The molecule has 0 aliphatic heterocycles. The van der Waals surface area contributed by atoms with Gasteiger partial charge in [-0.2, -0.15) is 8.42 Å². The van der Waals surface area contributed by atoms with Crippen molar-refractivity contribution in [2.24, 2.45) is 5.41 Å². The summed E-state index contributed by atoms with van der Waals surface area (Å²) in [6.07, 6.45) is 1.95. The van der Waals surface area contributed by atoms with Gasteiger partial charge < -0.3 is 18.8 Å². The van der Waals surface area contributed by atoms with Crippen LogP contribution < -0.4 is 9.50 Å². The Kier molecular flexibility index (Phi) is 8.01. The molecule has 0 atom stereocenters. The van der Waals surface area contributed by atoms with Crippen LogP contribution in [0.5, 0.6) is 5.75 Å². The van der Waals surface area contributed by atoms with Crippen molar-refractivity contribution >= 4 is 27.6 Å². The molecule has 2 aromatic carbocycles. The van der Waals surface area contributed by atoms with Gasteiger partial charge in [-0.15, -0.1) is 0 Å². The van der Waals surface area contributed by atoms with Crippen LogP contribution in [-0.2, 0) is 32.8 Å². The van der Waals surface area contributed by atoms with Crippen LogP contribution in [0, 0.1) is 5.41 Å². The molecule has 35 heavy (non-hydrogen) atoms. The summed E-state index contributed by atoms with van der Waals surface area (Å²) in [5.74, 6) is 0.584. The molecule has 3 rings (SSSR count). The number of furan rings is 1. The van der Waals surface area contributed by atoms with Crippen molar-refractivity contribution < 1.29 is 26.6 Å². The number of amides is 2. The average Bonchev–Trinajstić information content (AvgIpc) is 3.26. The fourth-order valence-electron chi connectivity index (χ4n) is 3.34. The summed E-state index contributed by atoms with van der Waals surface area (Å²) in [5, 5.41) is 2.58. The average molecular weight is 499 g/mol. The lowest BCUT2D eigenvalue weighted by Gasteiger charge is -2.26. The van der Waals surface area contributed by atoms with Crippen LogP contribution in [0.3, 0.4) is 0 Å². The Labute approximate surface area is 206 Å². The van der Waals surface area contributed by atoms with Gasteiger partial charge in [0.05, 0.1) is 12.8 Å². The second-order valence-electron chi connectivity index (χ2n) is 9.45. The Morgan fingerprint density at radius 3 is 2.17 bits per heavy atom. The van der Waals surface area contributed by atoms with E-state index in [9.17, 15) is 18.0 Å². The summed E-state index contributed by atoms with van der Waals surface area (Å²) in [7, 11) is -4.05. The predicted molar refractivity (Wildman–Crippen MR) is 132 cm³/mol. The predicted octanol–water partition coefficient (Wildman–Crippen LogP) is 4.97. The minimum Gasteiger partial charge on any atom is -0.467 e. The van der Waals surface area contributed by atoms with E-state index in [2.05, 4.69) is 5.32 Å². The third kappa shape index (κ3) is 7.99. The zero-order valence-electron chi connectivity index (χ0n) is 20.3. The smallest absolute Gasteiger partial charge is 0.339 e. The molecular weight excluding hydrogens is 468 g/mol. The molecule has 0 saturated heterocycles. The maximum absolute atomic E-state index is 12.9. The van der Waals surface area contributed by atoms with Gasteiger partial charge in [0.2, 0.25) is 11.8 Å². The fourth-order valence-corrected chi connectivity index (χ4v) is 4.27. The Hall–Kier alpha value is -3.59.